The second-order valence-electron chi connectivity index (χ2n) is 6.44. The maximum atomic E-state index is 13.7. The van der Waals surface area contributed by atoms with E-state index in [0.717, 1.165) is 19.0 Å². The normalized spacial score (nSPS) is 21.3. The number of hydrogen-bond donors (Lipinski definition) is 2. The first-order valence-electron chi connectivity index (χ1n) is 8.18. The van der Waals surface area contributed by atoms with Crippen molar-refractivity contribution in [1.29, 1.82) is 0 Å². The number of rotatable bonds is 5. The molecule has 0 unspecified atom stereocenters. The van der Waals surface area contributed by atoms with Crippen LogP contribution in [0, 0.1) is 11.6 Å². The summed E-state index contributed by atoms with van der Waals surface area (Å²) in [5.41, 5.74) is 0.648. The molecule has 1 aliphatic rings. The lowest BCUT2D eigenvalue weighted by atomic mass is 9.99. The number of halogens is 2. The molecule has 5 nitrogen and oxygen atoms in total. The molecule has 0 spiro atoms. The molecular formula is C17H25F2N3O2. The maximum absolute atomic E-state index is 13.7. The van der Waals surface area contributed by atoms with Gasteiger partial charge >= 0.3 is 6.03 Å². The van der Waals surface area contributed by atoms with Crippen LogP contribution in [-0.4, -0.2) is 59.8 Å². The number of urea groups is 1. The van der Waals surface area contributed by atoms with Crippen molar-refractivity contribution in [2.45, 2.75) is 38.4 Å². The number of likely N-dealkylation sites (N-methyl/N-ethyl adjacent to an activating group) is 1. The van der Waals surface area contributed by atoms with Crippen LogP contribution in [0.25, 0.3) is 0 Å². The number of aliphatic hydroxyl groups excluding tert-OH is 1. The fraction of sp³-hybridized carbons (Fsp3) is 0.588. The van der Waals surface area contributed by atoms with Gasteiger partial charge in [-0.25, -0.2) is 13.6 Å². The van der Waals surface area contributed by atoms with Gasteiger partial charge in [-0.2, -0.15) is 0 Å². The molecular weight excluding hydrogens is 316 g/mol. The van der Waals surface area contributed by atoms with Crippen LogP contribution in [0.1, 0.15) is 31.9 Å². The number of nitrogens with zero attached hydrogens (tertiary/aromatic N) is 2. The Labute approximate surface area is 141 Å². The predicted octanol–water partition coefficient (Wildman–Crippen LogP) is 2.12. The molecule has 7 heteroatoms. The Morgan fingerprint density at radius 3 is 2.71 bits per heavy atom. The van der Waals surface area contributed by atoms with Crippen molar-refractivity contribution in [3.05, 3.63) is 35.4 Å². The summed E-state index contributed by atoms with van der Waals surface area (Å²) in [7, 11) is 1.60. The molecule has 0 saturated carbocycles. The highest BCUT2D eigenvalue weighted by Gasteiger charge is 2.38. The Hall–Kier alpha value is -1.73. The number of carbonyl (C=O) groups excluding carboxylic acids is 1. The van der Waals surface area contributed by atoms with Gasteiger partial charge in [-0.1, -0.05) is 6.07 Å². The zero-order valence-electron chi connectivity index (χ0n) is 14.3. The lowest BCUT2D eigenvalue weighted by Crippen LogP contribution is -2.46. The fourth-order valence-corrected chi connectivity index (χ4v) is 3.19. The lowest BCUT2D eigenvalue weighted by molar-refractivity contribution is 0.171. The molecule has 0 aromatic heterocycles. The quantitative estimate of drug-likeness (QED) is 0.863. The van der Waals surface area contributed by atoms with Crippen LogP contribution >= 0.6 is 0 Å². The first kappa shape index (κ1) is 18.6. The van der Waals surface area contributed by atoms with Crippen molar-refractivity contribution in [3.8, 4) is 0 Å². The molecule has 2 rings (SSSR count). The Balaban J connectivity index is 2.23. The number of aliphatic hydroxyl groups is 1. The van der Waals surface area contributed by atoms with Gasteiger partial charge in [0.1, 0.15) is 0 Å². The summed E-state index contributed by atoms with van der Waals surface area (Å²) >= 11 is 0. The first-order chi connectivity index (χ1) is 11.3. The number of carbonyl (C=O) groups is 1. The highest BCUT2D eigenvalue weighted by Crippen LogP contribution is 2.34. The monoisotopic (exact) mass is 341 g/mol. The van der Waals surface area contributed by atoms with E-state index in [2.05, 4.69) is 10.2 Å². The molecule has 1 aromatic rings. The van der Waals surface area contributed by atoms with Gasteiger partial charge in [-0.3, -0.25) is 4.90 Å². The Bertz CT molecular complexity index is 583. The van der Waals surface area contributed by atoms with E-state index >= 15 is 0 Å². The average Bonchev–Trinajstić information content (AvgIpc) is 2.94. The SMILES string of the molecule is CC(C)N1CC[C@H](NC(=O)N(C)CCO)[C@H]1c1ccc(F)c(F)c1. The number of likely N-dealkylation sites (tertiary alicyclic amines) is 1. The second-order valence-corrected chi connectivity index (χ2v) is 6.44. The lowest BCUT2D eigenvalue weighted by Gasteiger charge is -2.32. The van der Waals surface area contributed by atoms with Crippen molar-refractivity contribution in [1.82, 2.24) is 15.1 Å². The fourth-order valence-electron chi connectivity index (χ4n) is 3.19. The molecule has 0 aliphatic carbocycles. The van der Waals surface area contributed by atoms with Crippen LogP contribution in [0.4, 0.5) is 13.6 Å². The maximum Gasteiger partial charge on any atom is 0.317 e. The van der Waals surface area contributed by atoms with Gasteiger partial charge < -0.3 is 15.3 Å². The van der Waals surface area contributed by atoms with Gasteiger partial charge in [-0.15, -0.1) is 0 Å². The van der Waals surface area contributed by atoms with Crippen molar-refractivity contribution < 1.29 is 18.7 Å². The number of benzene rings is 1. The summed E-state index contributed by atoms with van der Waals surface area (Å²) in [6, 6.07) is 3.40. The minimum Gasteiger partial charge on any atom is -0.395 e. The largest absolute Gasteiger partial charge is 0.395 e. The van der Waals surface area contributed by atoms with E-state index in [1.165, 1.54) is 11.0 Å². The van der Waals surface area contributed by atoms with Crippen molar-refractivity contribution in [2.75, 3.05) is 26.7 Å². The molecule has 2 atom stereocenters. The van der Waals surface area contributed by atoms with E-state index < -0.39 is 11.6 Å². The molecule has 134 valence electrons. The standard InChI is InChI=1S/C17H25F2N3O2/c1-11(2)22-7-6-15(20-17(24)21(3)8-9-23)16(22)12-4-5-13(18)14(19)10-12/h4-5,10-11,15-16,23H,6-9H2,1-3H3,(H,20,24)/t15-,16+/m0/s1. The molecule has 0 bridgehead atoms. The number of hydrogen-bond acceptors (Lipinski definition) is 3. The van der Waals surface area contributed by atoms with Crippen LogP contribution in [0.5, 0.6) is 0 Å². The van der Waals surface area contributed by atoms with Crippen molar-refractivity contribution in [3.63, 3.8) is 0 Å². The third kappa shape index (κ3) is 4.02. The van der Waals surface area contributed by atoms with E-state index in [9.17, 15) is 13.6 Å². The van der Waals surface area contributed by atoms with Gasteiger partial charge in [-0.05, 0) is 38.0 Å². The van der Waals surface area contributed by atoms with Crippen molar-refractivity contribution >= 4 is 6.03 Å². The third-order valence-electron chi connectivity index (χ3n) is 4.48. The second kappa shape index (κ2) is 7.90. The molecule has 1 saturated heterocycles. The third-order valence-corrected chi connectivity index (χ3v) is 4.48. The van der Waals surface area contributed by atoms with E-state index in [0.29, 0.717) is 5.56 Å². The summed E-state index contributed by atoms with van der Waals surface area (Å²) in [6.07, 6.45) is 0.723. The number of nitrogens with one attached hydrogen (secondary N) is 1. The van der Waals surface area contributed by atoms with Crippen LogP contribution in [-0.2, 0) is 0 Å². The van der Waals surface area contributed by atoms with E-state index in [1.807, 2.05) is 13.8 Å². The van der Waals surface area contributed by atoms with E-state index in [4.69, 9.17) is 5.11 Å². The highest BCUT2D eigenvalue weighted by atomic mass is 19.2. The Morgan fingerprint density at radius 1 is 1.42 bits per heavy atom. The Kier molecular flexibility index (Phi) is 6.12. The molecule has 2 N–H and O–H groups in total. The van der Waals surface area contributed by atoms with Gasteiger partial charge in [0.25, 0.3) is 0 Å². The molecule has 24 heavy (non-hydrogen) atoms. The van der Waals surface area contributed by atoms with E-state index in [1.54, 1.807) is 13.1 Å². The van der Waals surface area contributed by atoms with Crippen LogP contribution in [0.15, 0.2) is 18.2 Å². The smallest absolute Gasteiger partial charge is 0.317 e. The first-order valence-corrected chi connectivity index (χ1v) is 8.18. The molecule has 1 heterocycles. The highest BCUT2D eigenvalue weighted by molar-refractivity contribution is 5.74. The summed E-state index contributed by atoms with van der Waals surface area (Å²) in [5, 5.41) is 11.9. The van der Waals surface area contributed by atoms with Crippen molar-refractivity contribution in [2.24, 2.45) is 0 Å². The zero-order chi connectivity index (χ0) is 17.9. The minimum absolute atomic E-state index is 0.112. The molecule has 1 aliphatic heterocycles. The summed E-state index contributed by atoms with van der Waals surface area (Å²) in [6.45, 7) is 4.96. The van der Waals surface area contributed by atoms with Gasteiger partial charge in [0.05, 0.1) is 18.7 Å². The van der Waals surface area contributed by atoms with Crippen LogP contribution < -0.4 is 5.32 Å². The molecule has 1 fully saturated rings. The van der Waals surface area contributed by atoms with E-state index in [-0.39, 0.29) is 37.3 Å². The average molecular weight is 341 g/mol. The predicted molar refractivity (Wildman–Crippen MR) is 87.6 cm³/mol. The summed E-state index contributed by atoms with van der Waals surface area (Å²) in [4.78, 5) is 15.8. The molecule has 2 amide bonds. The van der Waals surface area contributed by atoms with Crippen LogP contribution in [0.2, 0.25) is 0 Å². The van der Waals surface area contributed by atoms with Gasteiger partial charge in [0.15, 0.2) is 11.6 Å². The minimum atomic E-state index is -0.884. The van der Waals surface area contributed by atoms with Gasteiger partial charge in [0, 0.05) is 26.2 Å². The van der Waals surface area contributed by atoms with Crippen LogP contribution in [0.3, 0.4) is 0 Å². The topological polar surface area (TPSA) is 55.8 Å². The molecule has 1 aromatic carbocycles. The summed E-state index contributed by atoms with van der Waals surface area (Å²) in [5.74, 6) is -1.76. The van der Waals surface area contributed by atoms with Gasteiger partial charge in [0.2, 0.25) is 0 Å². The summed E-state index contributed by atoms with van der Waals surface area (Å²) < 4.78 is 26.9. The number of amides is 2. The molecule has 0 radical (unpaired) electrons. The Morgan fingerprint density at radius 2 is 2.12 bits per heavy atom. The zero-order valence-corrected chi connectivity index (χ0v) is 14.3.